The Kier molecular flexibility index (Phi) is 6.97. The summed E-state index contributed by atoms with van der Waals surface area (Å²) in [5.74, 6) is 0. The molecule has 0 aromatic heterocycles. The minimum absolute atomic E-state index is 0.0294. The predicted octanol–water partition coefficient (Wildman–Crippen LogP) is 3.16. The number of nitrogens with one attached hydrogen (secondary N) is 4. The minimum atomic E-state index is -0.254. The van der Waals surface area contributed by atoms with E-state index in [1.54, 1.807) is 24.3 Å². The molecule has 0 saturated heterocycles. The summed E-state index contributed by atoms with van der Waals surface area (Å²) < 4.78 is 5.67. The molecular weight excluding hydrogens is 324 g/mol. The molecule has 3 amide bonds. The number of urea groups is 1. The molecule has 24 heavy (non-hydrogen) atoms. The van der Waals surface area contributed by atoms with E-state index in [2.05, 4.69) is 20.1 Å². The third kappa shape index (κ3) is 6.21. The van der Waals surface area contributed by atoms with Crippen molar-refractivity contribution in [2.24, 2.45) is 0 Å². The van der Waals surface area contributed by atoms with Gasteiger partial charge in [-0.3, -0.25) is 9.52 Å². The maximum atomic E-state index is 11.8. The molecule has 2 rings (SSSR count). The molecule has 0 aliphatic rings. The van der Waals surface area contributed by atoms with Gasteiger partial charge in [0.2, 0.25) is 6.41 Å². The summed E-state index contributed by atoms with van der Waals surface area (Å²) in [4.78, 5) is 22.2. The number of anilines is 2. The molecule has 0 aliphatic heterocycles. The fourth-order valence-electron chi connectivity index (χ4n) is 2.11. The van der Waals surface area contributed by atoms with Crippen LogP contribution >= 0.6 is 12.1 Å². The van der Waals surface area contributed by atoms with Gasteiger partial charge in [0.25, 0.3) is 0 Å². The molecule has 2 aromatic rings. The Morgan fingerprint density at radius 3 is 2.42 bits per heavy atom. The van der Waals surface area contributed by atoms with Crippen LogP contribution in [0.3, 0.4) is 0 Å². The quantitative estimate of drug-likeness (QED) is 0.438. The molecule has 2 aromatic carbocycles. The maximum Gasteiger partial charge on any atom is 0.326 e. The Labute approximate surface area is 145 Å². The first-order valence-corrected chi connectivity index (χ1v) is 8.31. The topological polar surface area (TPSA) is 82.3 Å². The molecule has 0 radical (unpaired) electrons. The van der Waals surface area contributed by atoms with Crippen LogP contribution < -0.4 is 20.1 Å². The Balaban J connectivity index is 1.68. The van der Waals surface area contributed by atoms with Crippen molar-refractivity contribution in [3.8, 4) is 0 Å². The van der Waals surface area contributed by atoms with Crippen LogP contribution in [-0.2, 0) is 11.2 Å². The molecule has 0 heterocycles. The highest BCUT2D eigenvalue weighted by Gasteiger charge is 2.07. The van der Waals surface area contributed by atoms with Gasteiger partial charge in [0.1, 0.15) is 0 Å². The predicted molar refractivity (Wildman–Crippen MR) is 98.6 cm³/mol. The Bertz CT molecular complexity index is 649. The number of carbonyl (C=O) groups excluding carboxylic acids is 2. The van der Waals surface area contributed by atoms with Gasteiger partial charge >= 0.3 is 6.03 Å². The monoisotopic (exact) mass is 344 g/mol. The van der Waals surface area contributed by atoms with Crippen molar-refractivity contribution in [1.82, 2.24) is 10.0 Å². The van der Waals surface area contributed by atoms with Crippen LogP contribution in [0, 0.1) is 0 Å². The van der Waals surface area contributed by atoms with Crippen LogP contribution in [0.15, 0.2) is 54.6 Å². The molecule has 0 saturated carbocycles. The van der Waals surface area contributed by atoms with Crippen molar-refractivity contribution in [3.63, 3.8) is 0 Å². The van der Waals surface area contributed by atoms with Crippen molar-refractivity contribution in [3.05, 3.63) is 60.2 Å². The molecule has 0 aliphatic carbocycles. The lowest BCUT2D eigenvalue weighted by Crippen LogP contribution is -2.39. The summed E-state index contributed by atoms with van der Waals surface area (Å²) in [6.45, 7) is 1.96. The molecule has 0 fully saturated rings. The molecule has 0 spiro atoms. The number of benzene rings is 2. The Morgan fingerprint density at radius 2 is 1.75 bits per heavy atom. The molecule has 0 bridgehead atoms. The van der Waals surface area contributed by atoms with E-state index >= 15 is 0 Å². The van der Waals surface area contributed by atoms with Crippen molar-refractivity contribution < 1.29 is 9.59 Å². The normalized spacial score (nSPS) is 11.2. The van der Waals surface area contributed by atoms with E-state index < -0.39 is 0 Å². The fraction of sp³-hybridized carbons (Fsp3) is 0.176. The van der Waals surface area contributed by atoms with Crippen LogP contribution in [0.2, 0.25) is 0 Å². The third-order valence-electron chi connectivity index (χ3n) is 3.19. The summed E-state index contributed by atoms with van der Waals surface area (Å²) in [5.41, 5.74) is 2.70. The van der Waals surface area contributed by atoms with Crippen LogP contribution in [-0.4, -0.2) is 18.5 Å². The zero-order valence-corrected chi connectivity index (χ0v) is 14.1. The molecule has 4 N–H and O–H groups in total. The smallest absolute Gasteiger partial charge is 0.326 e. The lowest BCUT2D eigenvalue weighted by molar-refractivity contribution is -0.105. The van der Waals surface area contributed by atoms with Crippen molar-refractivity contribution in [1.29, 1.82) is 0 Å². The second kappa shape index (κ2) is 9.46. The zero-order chi connectivity index (χ0) is 17.2. The SMILES string of the molecule is CC(Cc1ccccc1)NC(=O)NSNc1ccc(NC=O)cc1. The highest BCUT2D eigenvalue weighted by molar-refractivity contribution is 7.99. The van der Waals surface area contributed by atoms with Crippen LogP contribution in [0.5, 0.6) is 0 Å². The Morgan fingerprint density at radius 1 is 1.08 bits per heavy atom. The van der Waals surface area contributed by atoms with Gasteiger partial charge in [-0.05, 0) is 43.2 Å². The lowest BCUT2D eigenvalue weighted by atomic mass is 10.1. The van der Waals surface area contributed by atoms with Crippen molar-refractivity contribution >= 4 is 35.9 Å². The minimum Gasteiger partial charge on any atom is -0.335 e. The van der Waals surface area contributed by atoms with Gasteiger partial charge in [-0.2, -0.15) is 0 Å². The van der Waals surface area contributed by atoms with Gasteiger partial charge < -0.3 is 15.4 Å². The van der Waals surface area contributed by atoms with Crippen molar-refractivity contribution in [2.45, 2.75) is 19.4 Å². The summed E-state index contributed by atoms with van der Waals surface area (Å²) in [6, 6.07) is 16.9. The van der Waals surface area contributed by atoms with Crippen LogP contribution in [0.25, 0.3) is 0 Å². The van der Waals surface area contributed by atoms with Gasteiger partial charge in [0.05, 0.1) is 12.1 Å². The highest BCUT2D eigenvalue weighted by Crippen LogP contribution is 2.15. The number of hydrogen-bond donors (Lipinski definition) is 4. The van der Waals surface area contributed by atoms with Gasteiger partial charge in [0, 0.05) is 17.4 Å². The van der Waals surface area contributed by atoms with E-state index in [1.807, 2.05) is 37.3 Å². The molecule has 126 valence electrons. The van der Waals surface area contributed by atoms with Crippen molar-refractivity contribution in [2.75, 3.05) is 10.0 Å². The van der Waals surface area contributed by atoms with Crippen LogP contribution in [0.1, 0.15) is 12.5 Å². The van der Waals surface area contributed by atoms with E-state index in [1.165, 1.54) is 5.56 Å². The average Bonchev–Trinajstić information content (AvgIpc) is 2.57. The van der Waals surface area contributed by atoms with E-state index in [9.17, 15) is 9.59 Å². The van der Waals surface area contributed by atoms with E-state index in [0.29, 0.717) is 12.1 Å². The first kappa shape index (κ1) is 17.7. The largest absolute Gasteiger partial charge is 0.335 e. The van der Waals surface area contributed by atoms with E-state index in [-0.39, 0.29) is 12.1 Å². The van der Waals surface area contributed by atoms with E-state index in [0.717, 1.165) is 24.2 Å². The first-order chi connectivity index (χ1) is 11.7. The lowest BCUT2D eigenvalue weighted by Gasteiger charge is -2.14. The van der Waals surface area contributed by atoms with E-state index in [4.69, 9.17) is 0 Å². The zero-order valence-electron chi connectivity index (χ0n) is 13.3. The number of hydrogen-bond acceptors (Lipinski definition) is 4. The molecule has 7 heteroatoms. The third-order valence-corrected chi connectivity index (χ3v) is 3.81. The van der Waals surface area contributed by atoms with Crippen LogP contribution in [0.4, 0.5) is 16.2 Å². The summed E-state index contributed by atoms with van der Waals surface area (Å²) >= 11 is 1.08. The molecule has 1 unspecified atom stereocenters. The highest BCUT2D eigenvalue weighted by atomic mass is 32.2. The van der Waals surface area contributed by atoms with Gasteiger partial charge in [-0.15, -0.1) is 0 Å². The maximum absolute atomic E-state index is 11.8. The number of carbonyl (C=O) groups is 2. The van der Waals surface area contributed by atoms with Gasteiger partial charge in [-0.25, -0.2) is 4.79 Å². The Hall–Kier alpha value is -2.67. The summed E-state index contributed by atoms with van der Waals surface area (Å²) in [7, 11) is 0. The summed E-state index contributed by atoms with van der Waals surface area (Å²) in [6.07, 6.45) is 1.40. The summed E-state index contributed by atoms with van der Waals surface area (Å²) in [5, 5.41) is 5.44. The number of amides is 3. The molecule has 1 atom stereocenters. The van der Waals surface area contributed by atoms with Gasteiger partial charge in [0.15, 0.2) is 0 Å². The molecule has 6 nitrogen and oxygen atoms in total. The van der Waals surface area contributed by atoms with Gasteiger partial charge in [-0.1, -0.05) is 30.3 Å². The second-order valence-corrected chi connectivity index (χ2v) is 5.82. The average molecular weight is 344 g/mol. The number of rotatable bonds is 8. The second-order valence-electron chi connectivity index (χ2n) is 5.21. The standard InChI is InChI=1S/C17H20N4O2S/c1-13(11-14-5-3-2-4-6-14)19-17(23)21-24-20-16-9-7-15(8-10-16)18-12-22/h2-10,12-13,20H,11H2,1H3,(H,18,22)(H2,19,21,23). The molecular formula is C17H20N4O2S. The first-order valence-electron chi connectivity index (χ1n) is 7.50. The fourth-order valence-corrected chi connectivity index (χ4v) is 2.56.